The number of nitrogens with zero attached hydrogens (tertiary/aromatic N) is 2. The largest absolute Gasteiger partial charge is 0.293 e. The Morgan fingerprint density at radius 2 is 2.05 bits per heavy atom. The molecule has 5 heteroatoms. The van der Waals surface area contributed by atoms with E-state index in [1.54, 1.807) is 6.07 Å². The van der Waals surface area contributed by atoms with E-state index in [1.807, 2.05) is 35.8 Å². The van der Waals surface area contributed by atoms with Crippen LogP contribution in [0.5, 0.6) is 0 Å². The van der Waals surface area contributed by atoms with Crippen molar-refractivity contribution in [3.8, 4) is 5.69 Å². The molecule has 0 spiro atoms. The Hall–Kier alpha value is -1.39. The van der Waals surface area contributed by atoms with Crippen LogP contribution >= 0.6 is 27.5 Å². The maximum atomic E-state index is 14.4. The number of aryl methyl sites for hydroxylation is 2. The molecule has 0 amide bonds. The number of imidazole rings is 1. The van der Waals surface area contributed by atoms with Gasteiger partial charge in [0.1, 0.15) is 11.6 Å². The molecule has 1 aromatic heterocycles. The van der Waals surface area contributed by atoms with E-state index in [4.69, 9.17) is 11.6 Å². The van der Waals surface area contributed by atoms with Crippen molar-refractivity contribution in [1.29, 1.82) is 0 Å². The van der Waals surface area contributed by atoms with Gasteiger partial charge in [-0.25, -0.2) is 9.37 Å². The fraction of sp³-hybridized carbons (Fsp3) is 0.188. The molecule has 0 fully saturated rings. The molecule has 0 atom stereocenters. The highest BCUT2D eigenvalue weighted by Crippen LogP contribution is 2.27. The van der Waals surface area contributed by atoms with Crippen LogP contribution in [0.1, 0.15) is 11.4 Å². The Morgan fingerprint density at radius 1 is 1.24 bits per heavy atom. The van der Waals surface area contributed by atoms with Gasteiger partial charge < -0.3 is 0 Å². The van der Waals surface area contributed by atoms with Gasteiger partial charge in [0.05, 0.1) is 16.7 Å². The fourth-order valence-electron chi connectivity index (χ4n) is 2.41. The standard InChI is InChI=1S/C16H13BrClFN2/c1-10-2-5-14(12(19)8-10)21-15-9-11(17)3-4-13(15)20-16(21)6-7-18/h2-5,8-9H,6-7H2,1H3. The molecule has 0 aliphatic heterocycles. The summed E-state index contributed by atoms with van der Waals surface area (Å²) >= 11 is 9.32. The van der Waals surface area contributed by atoms with Gasteiger partial charge in [-0.15, -0.1) is 11.6 Å². The lowest BCUT2D eigenvalue weighted by molar-refractivity contribution is 0.616. The number of alkyl halides is 1. The first-order chi connectivity index (χ1) is 10.1. The predicted molar refractivity (Wildman–Crippen MR) is 87.9 cm³/mol. The zero-order valence-corrected chi connectivity index (χ0v) is 13.7. The Kier molecular flexibility index (Phi) is 4.00. The number of halogens is 3. The third-order valence-electron chi connectivity index (χ3n) is 3.35. The molecule has 0 saturated heterocycles. The van der Waals surface area contributed by atoms with Crippen molar-refractivity contribution >= 4 is 38.6 Å². The molecule has 0 bridgehead atoms. The van der Waals surface area contributed by atoms with Crippen LogP contribution in [0.25, 0.3) is 16.7 Å². The molecule has 3 rings (SSSR count). The van der Waals surface area contributed by atoms with Crippen molar-refractivity contribution in [2.75, 3.05) is 5.88 Å². The molecule has 0 aliphatic rings. The molecule has 0 unspecified atom stereocenters. The molecule has 0 N–H and O–H groups in total. The van der Waals surface area contributed by atoms with E-state index in [2.05, 4.69) is 20.9 Å². The number of benzene rings is 2. The van der Waals surface area contributed by atoms with Crippen LogP contribution in [0.3, 0.4) is 0 Å². The monoisotopic (exact) mass is 366 g/mol. The second-order valence-electron chi connectivity index (χ2n) is 4.89. The van der Waals surface area contributed by atoms with Crippen molar-refractivity contribution in [3.63, 3.8) is 0 Å². The summed E-state index contributed by atoms with van der Waals surface area (Å²) in [5.41, 5.74) is 3.09. The second kappa shape index (κ2) is 5.78. The quantitative estimate of drug-likeness (QED) is 0.595. The van der Waals surface area contributed by atoms with Crippen molar-refractivity contribution in [1.82, 2.24) is 9.55 Å². The van der Waals surface area contributed by atoms with Gasteiger partial charge in [-0.3, -0.25) is 4.57 Å². The van der Waals surface area contributed by atoms with Gasteiger partial charge in [0.15, 0.2) is 0 Å². The topological polar surface area (TPSA) is 17.8 Å². The fourth-order valence-corrected chi connectivity index (χ4v) is 2.93. The number of rotatable bonds is 3. The van der Waals surface area contributed by atoms with Crippen LogP contribution in [0, 0.1) is 12.7 Å². The van der Waals surface area contributed by atoms with Gasteiger partial charge in [-0.2, -0.15) is 0 Å². The highest BCUT2D eigenvalue weighted by molar-refractivity contribution is 9.10. The van der Waals surface area contributed by atoms with Gasteiger partial charge in [0.25, 0.3) is 0 Å². The van der Waals surface area contributed by atoms with Crippen LogP contribution in [-0.2, 0) is 6.42 Å². The van der Waals surface area contributed by atoms with Crippen LogP contribution in [0.4, 0.5) is 4.39 Å². The Morgan fingerprint density at radius 3 is 2.76 bits per heavy atom. The smallest absolute Gasteiger partial charge is 0.147 e. The van der Waals surface area contributed by atoms with Crippen LogP contribution < -0.4 is 0 Å². The molecule has 0 aliphatic carbocycles. The van der Waals surface area contributed by atoms with Crippen LogP contribution in [0.15, 0.2) is 40.9 Å². The first-order valence-corrected chi connectivity index (χ1v) is 7.92. The minimum absolute atomic E-state index is 0.259. The van der Waals surface area contributed by atoms with E-state index in [1.165, 1.54) is 6.07 Å². The Labute approximate surface area is 135 Å². The molecule has 0 radical (unpaired) electrons. The van der Waals surface area contributed by atoms with Gasteiger partial charge in [-0.1, -0.05) is 22.0 Å². The summed E-state index contributed by atoms with van der Waals surface area (Å²) in [7, 11) is 0. The Bertz CT molecular complexity index is 813. The normalized spacial score (nSPS) is 11.2. The second-order valence-corrected chi connectivity index (χ2v) is 6.18. The van der Waals surface area contributed by atoms with E-state index >= 15 is 0 Å². The predicted octanol–water partition coefficient (Wildman–Crippen LogP) is 5.02. The molecular formula is C16H13BrClFN2. The zero-order chi connectivity index (χ0) is 15.0. The van der Waals surface area contributed by atoms with Crippen molar-refractivity contribution in [3.05, 3.63) is 58.1 Å². The van der Waals surface area contributed by atoms with E-state index < -0.39 is 0 Å². The number of hydrogen-bond donors (Lipinski definition) is 0. The van der Waals surface area contributed by atoms with Crippen LogP contribution in [-0.4, -0.2) is 15.4 Å². The highest BCUT2D eigenvalue weighted by Gasteiger charge is 2.15. The van der Waals surface area contributed by atoms with E-state index in [0.29, 0.717) is 18.0 Å². The maximum absolute atomic E-state index is 14.4. The summed E-state index contributed by atoms with van der Waals surface area (Å²) in [5, 5.41) is 0. The number of fused-ring (bicyclic) bond motifs is 1. The molecule has 3 aromatic rings. The lowest BCUT2D eigenvalue weighted by Gasteiger charge is -2.10. The van der Waals surface area contributed by atoms with E-state index in [0.717, 1.165) is 26.9 Å². The molecule has 0 saturated carbocycles. The number of hydrogen-bond acceptors (Lipinski definition) is 1. The van der Waals surface area contributed by atoms with Crippen LogP contribution in [0.2, 0.25) is 0 Å². The molecular weight excluding hydrogens is 355 g/mol. The van der Waals surface area contributed by atoms with Crippen molar-refractivity contribution in [2.24, 2.45) is 0 Å². The number of aromatic nitrogens is 2. The molecule has 21 heavy (non-hydrogen) atoms. The maximum Gasteiger partial charge on any atom is 0.147 e. The lowest BCUT2D eigenvalue weighted by atomic mass is 10.2. The van der Waals surface area contributed by atoms with Gasteiger partial charge in [0.2, 0.25) is 0 Å². The molecule has 108 valence electrons. The SMILES string of the molecule is Cc1ccc(-n2c(CCCl)nc3ccc(Br)cc32)c(F)c1. The average Bonchev–Trinajstić information content (AvgIpc) is 2.77. The third-order valence-corrected chi connectivity index (χ3v) is 4.03. The zero-order valence-electron chi connectivity index (χ0n) is 11.4. The minimum Gasteiger partial charge on any atom is -0.293 e. The van der Waals surface area contributed by atoms with Gasteiger partial charge >= 0.3 is 0 Å². The molecule has 2 aromatic carbocycles. The first-order valence-electron chi connectivity index (χ1n) is 6.59. The first kappa shape index (κ1) is 14.5. The molecule has 2 nitrogen and oxygen atoms in total. The Balaban J connectivity index is 2.32. The van der Waals surface area contributed by atoms with E-state index in [-0.39, 0.29) is 5.82 Å². The summed E-state index contributed by atoms with van der Waals surface area (Å²) in [6, 6.07) is 11.0. The minimum atomic E-state index is -0.259. The summed E-state index contributed by atoms with van der Waals surface area (Å²) < 4.78 is 17.1. The summed E-state index contributed by atoms with van der Waals surface area (Å²) in [5.74, 6) is 0.948. The van der Waals surface area contributed by atoms with Crippen molar-refractivity contribution in [2.45, 2.75) is 13.3 Å². The third kappa shape index (κ3) is 2.70. The molecule has 1 heterocycles. The van der Waals surface area contributed by atoms with Gasteiger partial charge in [-0.05, 0) is 42.8 Å². The average molecular weight is 368 g/mol. The highest BCUT2D eigenvalue weighted by atomic mass is 79.9. The van der Waals surface area contributed by atoms with Gasteiger partial charge in [0, 0.05) is 16.8 Å². The lowest BCUT2D eigenvalue weighted by Crippen LogP contribution is -2.04. The van der Waals surface area contributed by atoms with Crippen molar-refractivity contribution < 1.29 is 4.39 Å². The summed E-state index contributed by atoms with van der Waals surface area (Å²) in [4.78, 5) is 4.57. The summed E-state index contributed by atoms with van der Waals surface area (Å²) in [6.45, 7) is 1.87. The summed E-state index contributed by atoms with van der Waals surface area (Å²) in [6.07, 6.45) is 0.584. The van der Waals surface area contributed by atoms with E-state index in [9.17, 15) is 4.39 Å².